The largest absolute Gasteiger partial charge is 0.461 e. The Labute approximate surface area is 215 Å². The summed E-state index contributed by atoms with van der Waals surface area (Å²) in [6.45, 7) is 2.35. The van der Waals surface area contributed by atoms with Crippen molar-refractivity contribution in [2.45, 2.75) is 37.7 Å². The van der Waals surface area contributed by atoms with Crippen LogP contribution in [0, 0.1) is 0 Å². The van der Waals surface area contributed by atoms with Gasteiger partial charge in [0.15, 0.2) is 0 Å². The Morgan fingerprint density at radius 3 is 2.84 bits per heavy atom. The molecule has 0 aromatic carbocycles. The highest BCUT2D eigenvalue weighted by Gasteiger charge is 2.26. The quantitative estimate of drug-likeness (QED) is 0.417. The second-order valence-corrected chi connectivity index (χ2v) is 11.7. The summed E-state index contributed by atoms with van der Waals surface area (Å²) in [5.74, 6) is -0.119. The summed E-state index contributed by atoms with van der Waals surface area (Å²) in [5.41, 5.74) is 2.14. The number of ether oxygens (including phenoxy) is 2. The first-order valence-electron chi connectivity index (χ1n) is 12.5. The molecule has 0 aliphatic carbocycles. The number of carbonyl (C=O) groups excluding carboxylic acids is 1. The summed E-state index contributed by atoms with van der Waals surface area (Å²) >= 11 is 0. The molecule has 198 valence electrons. The van der Waals surface area contributed by atoms with Gasteiger partial charge in [-0.05, 0) is 49.3 Å². The third kappa shape index (κ3) is 6.34. The number of pyridine rings is 1. The molecule has 37 heavy (non-hydrogen) atoms. The van der Waals surface area contributed by atoms with Crippen LogP contribution in [-0.2, 0) is 14.6 Å². The van der Waals surface area contributed by atoms with Crippen LogP contribution >= 0.6 is 0 Å². The number of nitrogens with one attached hydrogen (secondary N) is 2. The third-order valence-electron chi connectivity index (χ3n) is 6.69. The van der Waals surface area contributed by atoms with Crippen LogP contribution in [0.5, 0.6) is 6.01 Å². The number of aromatic amines is 1. The number of hydrogen-bond acceptors (Lipinski definition) is 10. The first-order valence-corrected chi connectivity index (χ1v) is 14.5. The minimum atomic E-state index is -3.21. The zero-order valence-electron chi connectivity index (χ0n) is 20.7. The van der Waals surface area contributed by atoms with Crippen LogP contribution < -0.4 is 15.0 Å². The van der Waals surface area contributed by atoms with Gasteiger partial charge in [-0.1, -0.05) is 0 Å². The molecule has 0 spiro atoms. The average Bonchev–Trinajstić information content (AvgIpc) is 3.57. The molecule has 5 rings (SSSR count). The van der Waals surface area contributed by atoms with Gasteiger partial charge in [-0.2, -0.15) is 15.0 Å². The Hall–Kier alpha value is -3.32. The van der Waals surface area contributed by atoms with Gasteiger partial charge in [0.2, 0.25) is 11.8 Å². The van der Waals surface area contributed by atoms with E-state index in [0.29, 0.717) is 31.6 Å². The Morgan fingerprint density at radius 1 is 1.24 bits per heavy atom. The fourth-order valence-electron chi connectivity index (χ4n) is 4.73. The van der Waals surface area contributed by atoms with Crippen molar-refractivity contribution in [1.29, 1.82) is 0 Å². The Bertz CT molecular complexity index is 1350. The molecule has 2 aliphatic rings. The van der Waals surface area contributed by atoms with E-state index in [4.69, 9.17) is 9.47 Å². The molecule has 0 bridgehead atoms. The molecule has 0 unspecified atom stereocenters. The van der Waals surface area contributed by atoms with Crippen molar-refractivity contribution in [2.24, 2.45) is 0 Å². The van der Waals surface area contributed by atoms with Gasteiger partial charge in [0.05, 0.1) is 11.9 Å². The smallest absolute Gasteiger partial charge is 0.322 e. The lowest BCUT2D eigenvalue weighted by atomic mass is 9.89. The van der Waals surface area contributed by atoms with Gasteiger partial charge in [-0.25, -0.2) is 13.4 Å². The van der Waals surface area contributed by atoms with E-state index >= 15 is 0 Å². The second-order valence-electron chi connectivity index (χ2n) is 9.48. The van der Waals surface area contributed by atoms with Crippen LogP contribution in [0.1, 0.15) is 47.8 Å². The molecule has 13 heteroatoms. The van der Waals surface area contributed by atoms with Crippen molar-refractivity contribution in [3.63, 3.8) is 0 Å². The number of piperidine rings is 1. The fourth-order valence-corrected chi connectivity index (χ4v) is 5.20. The molecule has 0 radical (unpaired) electrons. The number of rotatable bonds is 9. The number of sulfone groups is 1. The molecule has 0 saturated carbocycles. The van der Waals surface area contributed by atoms with Crippen molar-refractivity contribution in [3.05, 3.63) is 35.9 Å². The highest BCUT2D eigenvalue weighted by Crippen LogP contribution is 2.33. The highest BCUT2D eigenvalue weighted by molar-refractivity contribution is 7.90. The highest BCUT2D eigenvalue weighted by atomic mass is 32.2. The van der Waals surface area contributed by atoms with E-state index in [1.54, 1.807) is 6.20 Å². The summed E-state index contributed by atoms with van der Waals surface area (Å²) in [5, 5.41) is 3.71. The molecule has 5 heterocycles. The van der Waals surface area contributed by atoms with Crippen LogP contribution in [-0.4, -0.2) is 90.2 Å². The molecular formula is C24H31N7O5S. The molecule has 1 atom stereocenters. The molecule has 1 amide bonds. The van der Waals surface area contributed by atoms with Gasteiger partial charge in [-0.15, -0.1) is 0 Å². The molecule has 3 aromatic rings. The Morgan fingerprint density at radius 2 is 2.08 bits per heavy atom. The summed E-state index contributed by atoms with van der Waals surface area (Å²) in [6, 6.07) is 4.08. The van der Waals surface area contributed by atoms with Crippen molar-refractivity contribution in [3.8, 4) is 6.01 Å². The summed E-state index contributed by atoms with van der Waals surface area (Å²) in [7, 11) is -3.21. The Balaban J connectivity index is 1.30. The van der Waals surface area contributed by atoms with Gasteiger partial charge in [0.1, 0.15) is 22.1 Å². The SMILES string of the molecule is CS(=O)(=O)CCNC(=O)c1nc(OC[C@H]2CCCO2)nc(N2CCC(c3c[nH]c4ncccc34)CC2)n1. The maximum atomic E-state index is 12.7. The van der Waals surface area contributed by atoms with Gasteiger partial charge >= 0.3 is 6.01 Å². The predicted octanol–water partition coefficient (Wildman–Crippen LogP) is 1.46. The lowest BCUT2D eigenvalue weighted by molar-refractivity contribution is 0.0642. The molecule has 12 nitrogen and oxygen atoms in total. The number of nitrogens with zero attached hydrogens (tertiary/aromatic N) is 5. The number of anilines is 1. The molecule has 3 aromatic heterocycles. The second kappa shape index (κ2) is 11.0. The number of carbonyl (C=O) groups is 1. The zero-order valence-corrected chi connectivity index (χ0v) is 21.5. The lowest BCUT2D eigenvalue weighted by Crippen LogP contribution is -2.36. The number of hydrogen-bond donors (Lipinski definition) is 2. The van der Waals surface area contributed by atoms with Crippen molar-refractivity contribution in [2.75, 3.05) is 49.8 Å². The normalized spacial score (nSPS) is 18.8. The number of fused-ring (bicyclic) bond motifs is 1. The van der Waals surface area contributed by atoms with Crippen LogP contribution in [0.3, 0.4) is 0 Å². The van der Waals surface area contributed by atoms with E-state index < -0.39 is 15.7 Å². The molecule has 2 saturated heterocycles. The lowest BCUT2D eigenvalue weighted by Gasteiger charge is -2.32. The molecular weight excluding hydrogens is 498 g/mol. The molecule has 2 N–H and O–H groups in total. The summed E-state index contributed by atoms with van der Waals surface area (Å²) < 4.78 is 34.3. The van der Waals surface area contributed by atoms with Crippen molar-refractivity contribution in [1.82, 2.24) is 30.2 Å². The minimum absolute atomic E-state index is 0.0321. The van der Waals surface area contributed by atoms with Gasteiger partial charge in [0.25, 0.3) is 5.91 Å². The van der Waals surface area contributed by atoms with E-state index in [2.05, 4.69) is 36.3 Å². The fraction of sp³-hybridized carbons (Fsp3) is 0.542. The van der Waals surface area contributed by atoms with Gasteiger partial charge in [0, 0.05) is 50.3 Å². The number of aromatic nitrogens is 5. The van der Waals surface area contributed by atoms with Crippen molar-refractivity contribution < 1.29 is 22.7 Å². The molecule has 2 fully saturated rings. The van der Waals surface area contributed by atoms with Gasteiger partial charge in [-0.3, -0.25) is 4.79 Å². The maximum absolute atomic E-state index is 12.7. The van der Waals surface area contributed by atoms with E-state index in [-0.39, 0.29) is 36.8 Å². The zero-order chi connectivity index (χ0) is 25.8. The summed E-state index contributed by atoms with van der Waals surface area (Å²) in [4.78, 5) is 35.5. The predicted molar refractivity (Wildman–Crippen MR) is 137 cm³/mol. The minimum Gasteiger partial charge on any atom is -0.461 e. The van der Waals surface area contributed by atoms with Crippen LogP contribution in [0.2, 0.25) is 0 Å². The van der Waals surface area contributed by atoms with E-state index in [9.17, 15) is 13.2 Å². The average molecular weight is 530 g/mol. The van der Waals surface area contributed by atoms with E-state index in [0.717, 1.165) is 43.0 Å². The van der Waals surface area contributed by atoms with Crippen molar-refractivity contribution >= 4 is 32.7 Å². The topological polar surface area (TPSA) is 152 Å². The first kappa shape index (κ1) is 25.3. The molecule has 2 aliphatic heterocycles. The monoisotopic (exact) mass is 529 g/mol. The van der Waals surface area contributed by atoms with E-state index in [1.165, 1.54) is 5.56 Å². The number of H-pyrrole nitrogens is 1. The number of amides is 1. The Kier molecular flexibility index (Phi) is 7.51. The first-order chi connectivity index (χ1) is 17.9. The van der Waals surface area contributed by atoms with Crippen LogP contribution in [0.25, 0.3) is 11.0 Å². The standard InChI is InChI=1S/C24H31N7O5S/c1-37(33,34)13-9-26-22(32)21-28-23(30-24(29-21)36-15-17-4-3-12-35-17)31-10-6-16(7-11-31)19-14-27-20-18(19)5-2-8-25-20/h2,5,8,14,16-17H,3-4,6-7,9-13,15H2,1H3,(H,25,27)(H,26,32)/t17-/m1/s1. The van der Waals surface area contributed by atoms with Gasteiger partial charge < -0.3 is 24.7 Å². The van der Waals surface area contributed by atoms with Crippen LogP contribution in [0.15, 0.2) is 24.5 Å². The third-order valence-corrected chi connectivity index (χ3v) is 7.63. The van der Waals surface area contributed by atoms with Crippen LogP contribution in [0.4, 0.5) is 5.95 Å². The maximum Gasteiger partial charge on any atom is 0.322 e. The summed E-state index contributed by atoms with van der Waals surface area (Å²) in [6.07, 6.45) is 8.54. The van der Waals surface area contributed by atoms with E-state index in [1.807, 2.05) is 17.2 Å².